The van der Waals surface area contributed by atoms with Crippen molar-refractivity contribution in [2.75, 3.05) is 52.9 Å². The number of hydrogen-bond donors (Lipinski definition) is 2. The Morgan fingerprint density at radius 2 is 0.686 bits per heavy atom. The summed E-state index contributed by atoms with van der Waals surface area (Å²) in [5.41, 5.74) is 3.46. The molecule has 4 fully saturated rings. The zero-order valence-electron chi connectivity index (χ0n) is 39.3. The zero-order chi connectivity index (χ0) is 48.1. The Labute approximate surface area is 408 Å². The maximum atomic E-state index is 12.8. The van der Waals surface area contributed by atoms with Crippen molar-refractivity contribution in [3.8, 4) is 34.5 Å². The molecule has 2 N–H and O–H groups in total. The molecule has 4 atom stereocenters. The predicted octanol–water partition coefficient (Wildman–Crippen LogP) is 8.65. The van der Waals surface area contributed by atoms with Crippen molar-refractivity contribution in [3.05, 3.63) is 144 Å². The van der Waals surface area contributed by atoms with Crippen molar-refractivity contribution in [3.63, 3.8) is 0 Å². The van der Waals surface area contributed by atoms with Crippen LogP contribution in [0.2, 0.25) is 0 Å². The van der Waals surface area contributed by atoms with Gasteiger partial charge in [-0.25, -0.2) is 9.59 Å². The van der Waals surface area contributed by atoms with E-state index >= 15 is 0 Å². The molecule has 0 radical (unpaired) electrons. The lowest BCUT2D eigenvalue weighted by Gasteiger charge is -2.28. The molecular weight excluding hydrogens is 897 g/mol. The second-order valence-electron chi connectivity index (χ2n) is 18.5. The van der Waals surface area contributed by atoms with Gasteiger partial charge >= 0.3 is 11.9 Å². The summed E-state index contributed by atoms with van der Waals surface area (Å²) in [5, 5.41) is 21.1. The smallest absolute Gasteiger partial charge is 0.338 e. The van der Waals surface area contributed by atoms with Crippen LogP contribution < -0.4 is 28.4 Å². The number of carbonyl (C=O) groups excluding carboxylic acids is 2. The number of aliphatic hydroxyl groups excluding tert-OH is 2. The van der Waals surface area contributed by atoms with Gasteiger partial charge in [-0.2, -0.15) is 0 Å². The van der Waals surface area contributed by atoms with Gasteiger partial charge in [0.15, 0.2) is 0 Å². The number of esters is 2. The van der Waals surface area contributed by atoms with Gasteiger partial charge in [0, 0.05) is 0 Å². The molecule has 2 saturated carbocycles. The third-order valence-corrected chi connectivity index (χ3v) is 13.0. The SMILES string of the molecule is O=C(O[C@H]1CC[C@H](c2ccc(OCC(O)COc3ccc(OCC(O)COc4ccc([C@H]5CC[C@H](OC(=O)c6ccc(OCC7CO7)cc6)CC5)cc4)cc3)cc2)CC1)c1ccc(OCC2CO2)cc1. The lowest BCUT2D eigenvalue weighted by molar-refractivity contribution is 0.0186. The second-order valence-corrected chi connectivity index (χ2v) is 18.5. The molecule has 14 heteroatoms. The van der Waals surface area contributed by atoms with E-state index in [-0.39, 0.29) is 62.8 Å². The highest BCUT2D eigenvalue weighted by atomic mass is 16.6. The third kappa shape index (κ3) is 14.8. The highest BCUT2D eigenvalue weighted by Gasteiger charge is 2.28. The van der Waals surface area contributed by atoms with Crippen LogP contribution in [-0.4, -0.2) is 112 Å². The molecule has 70 heavy (non-hydrogen) atoms. The van der Waals surface area contributed by atoms with Gasteiger partial charge in [-0.1, -0.05) is 24.3 Å². The maximum Gasteiger partial charge on any atom is 0.338 e. The molecule has 0 spiro atoms. The Balaban J connectivity index is 0.604. The van der Waals surface area contributed by atoms with Gasteiger partial charge in [-0.15, -0.1) is 0 Å². The minimum Gasteiger partial charge on any atom is -0.491 e. The Kier molecular flexibility index (Phi) is 16.7. The van der Waals surface area contributed by atoms with Crippen molar-refractivity contribution in [2.45, 2.75) is 99.8 Å². The van der Waals surface area contributed by atoms with Crippen LogP contribution in [0.5, 0.6) is 34.5 Å². The minimum atomic E-state index is -0.850. The van der Waals surface area contributed by atoms with Crippen LogP contribution in [0.4, 0.5) is 0 Å². The average molecular weight is 959 g/mol. The first-order valence-electron chi connectivity index (χ1n) is 24.5. The number of rotatable bonds is 24. The number of aliphatic hydroxyl groups is 2. The molecule has 2 heterocycles. The van der Waals surface area contributed by atoms with Crippen LogP contribution in [0.3, 0.4) is 0 Å². The molecule has 5 aromatic rings. The fourth-order valence-electron chi connectivity index (χ4n) is 8.72. The van der Waals surface area contributed by atoms with Crippen molar-refractivity contribution in [1.82, 2.24) is 0 Å². The number of benzene rings is 5. The summed E-state index contributed by atoms with van der Waals surface area (Å²) in [4.78, 5) is 25.5. The van der Waals surface area contributed by atoms with Gasteiger partial charge in [0.25, 0.3) is 0 Å². The molecule has 5 aromatic carbocycles. The number of carbonyl (C=O) groups is 2. The van der Waals surface area contributed by atoms with Gasteiger partial charge in [-0.05, 0) is 171 Å². The van der Waals surface area contributed by atoms with Crippen molar-refractivity contribution < 1.29 is 67.2 Å². The summed E-state index contributed by atoms with van der Waals surface area (Å²) in [7, 11) is 0. The molecule has 0 bridgehead atoms. The van der Waals surface area contributed by atoms with Crippen molar-refractivity contribution in [1.29, 1.82) is 0 Å². The van der Waals surface area contributed by atoms with E-state index in [9.17, 15) is 19.8 Å². The predicted molar refractivity (Wildman–Crippen MR) is 257 cm³/mol. The van der Waals surface area contributed by atoms with E-state index in [1.54, 1.807) is 72.8 Å². The summed E-state index contributed by atoms with van der Waals surface area (Å²) in [6.45, 7) is 2.73. The topological polar surface area (TPSA) is 174 Å². The van der Waals surface area contributed by atoms with E-state index in [2.05, 4.69) is 24.3 Å². The molecule has 2 saturated heterocycles. The van der Waals surface area contributed by atoms with Crippen LogP contribution in [0.25, 0.3) is 0 Å². The summed E-state index contributed by atoms with van der Waals surface area (Å²) >= 11 is 0. The molecule has 370 valence electrons. The first-order chi connectivity index (χ1) is 34.2. The fraction of sp³-hybridized carbons (Fsp3) is 0.429. The van der Waals surface area contributed by atoms with E-state index in [4.69, 9.17) is 47.4 Å². The Hall–Kier alpha value is -6.32. The molecule has 2 aliphatic carbocycles. The largest absolute Gasteiger partial charge is 0.491 e. The molecule has 4 aliphatic rings. The third-order valence-electron chi connectivity index (χ3n) is 13.0. The summed E-state index contributed by atoms with van der Waals surface area (Å²) in [6, 6.07) is 37.0. The van der Waals surface area contributed by atoms with Crippen LogP contribution in [0, 0.1) is 0 Å². The van der Waals surface area contributed by atoms with E-state index in [0.717, 1.165) is 64.6 Å². The van der Waals surface area contributed by atoms with E-state index in [1.165, 1.54) is 11.1 Å². The molecule has 9 rings (SSSR count). The lowest BCUT2D eigenvalue weighted by Crippen LogP contribution is -2.25. The molecule has 0 amide bonds. The summed E-state index contributed by atoms with van der Waals surface area (Å²) in [5.74, 6) is 3.98. The standard InChI is InChI=1S/C56H62O14/c57-43(29-61-45-13-1-37(2-14-45)39-5-21-51(22-6-39)69-55(59)41-9-17-47(18-10-41)65-33-53-35-67-53)31-63-49-25-27-50(28-26-49)64-32-44(58)30-62-46-15-3-38(4-16-46)40-7-23-52(24-8-40)70-56(60)42-11-19-48(20-12-42)66-34-54-36-68-54/h1-4,9-20,25-28,39-40,43-44,51-54,57-58H,5-8,21-24,29-36H2/t39-,40-,43?,44?,51-,52-,53?,54?. The second kappa shape index (κ2) is 24.0. The molecule has 4 unspecified atom stereocenters. The molecular formula is C56H62O14. The maximum absolute atomic E-state index is 12.8. The average Bonchev–Trinajstić information content (AvgIpc) is 4.36. The van der Waals surface area contributed by atoms with E-state index in [1.807, 2.05) is 24.3 Å². The number of hydrogen-bond acceptors (Lipinski definition) is 14. The Morgan fingerprint density at radius 3 is 0.986 bits per heavy atom. The van der Waals surface area contributed by atoms with Gasteiger partial charge in [0.2, 0.25) is 0 Å². The molecule has 2 aliphatic heterocycles. The first kappa shape index (κ1) is 48.7. The van der Waals surface area contributed by atoms with Gasteiger partial charge in [0.05, 0.1) is 24.3 Å². The Bertz CT molecular complexity index is 2210. The minimum absolute atomic E-state index is 0.0435. The first-order valence-corrected chi connectivity index (χ1v) is 24.5. The van der Waals surface area contributed by atoms with Crippen LogP contribution in [0.1, 0.15) is 95.0 Å². The summed E-state index contributed by atoms with van der Waals surface area (Å²) < 4.78 is 56.6. The van der Waals surface area contributed by atoms with Gasteiger partial charge in [-0.3, -0.25) is 0 Å². The Morgan fingerprint density at radius 1 is 0.414 bits per heavy atom. The monoisotopic (exact) mass is 958 g/mol. The van der Waals surface area contributed by atoms with E-state index in [0.29, 0.717) is 70.7 Å². The quantitative estimate of drug-likeness (QED) is 0.0444. The summed E-state index contributed by atoms with van der Waals surface area (Å²) in [6.07, 6.45) is 5.33. The highest BCUT2D eigenvalue weighted by molar-refractivity contribution is 5.90. The van der Waals surface area contributed by atoms with E-state index < -0.39 is 12.2 Å². The molecule has 14 nitrogen and oxygen atoms in total. The van der Waals surface area contributed by atoms with Crippen LogP contribution in [0.15, 0.2) is 121 Å². The number of ether oxygens (including phenoxy) is 10. The number of epoxide rings is 2. The molecule has 0 aromatic heterocycles. The fourth-order valence-corrected chi connectivity index (χ4v) is 8.72. The van der Waals surface area contributed by atoms with Gasteiger partial charge in [0.1, 0.15) is 111 Å². The van der Waals surface area contributed by atoms with Crippen LogP contribution in [-0.2, 0) is 18.9 Å². The van der Waals surface area contributed by atoms with Gasteiger partial charge < -0.3 is 57.6 Å². The normalized spacial score (nSPS) is 22.4. The lowest BCUT2D eigenvalue weighted by atomic mass is 9.83. The van der Waals surface area contributed by atoms with Crippen molar-refractivity contribution >= 4 is 11.9 Å². The zero-order valence-corrected chi connectivity index (χ0v) is 39.3. The van der Waals surface area contributed by atoms with Crippen LogP contribution >= 0.6 is 0 Å². The highest BCUT2D eigenvalue weighted by Crippen LogP contribution is 2.37. The van der Waals surface area contributed by atoms with Crippen molar-refractivity contribution in [2.24, 2.45) is 0 Å².